The zero-order chi connectivity index (χ0) is 10.6. The van der Waals surface area contributed by atoms with Crippen LogP contribution < -0.4 is 5.73 Å². The average molecular weight is 212 g/mol. The van der Waals surface area contributed by atoms with Gasteiger partial charge in [0.05, 0.1) is 0 Å². The van der Waals surface area contributed by atoms with Crippen LogP contribution >= 0.6 is 11.3 Å². The van der Waals surface area contributed by atoms with E-state index in [0.717, 1.165) is 0 Å². The largest absolute Gasteiger partial charge is 0.392 e. The van der Waals surface area contributed by atoms with Gasteiger partial charge in [-0.3, -0.25) is 4.79 Å². The highest BCUT2D eigenvalue weighted by Crippen LogP contribution is 2.11. The van der Waals surface area contributed by atoms with Crippen molar-refractivity contribution in [3.63, 3.8) is 0 Å². The number of hydrogen-bond acceptors (Lipinski definition) is 6. The van der Waals surface area contributed by atoms with Crippen molar-refractivity contribution >= 4 is 28.5 Å². The molecule has 1 aromatic heterocycles. The molecule has 0 aliphatic carbocycles. The Labute approximate surface area is 85.6 Å². The number of carbonyl (C=O) groups excluding carboxylic acids is 1. The number of hydrogen-bond donors (Lipinski definition) is 1. The van der Waals surface area contributed by atoms with Gasteiger partial charge < -0.3 is 10.6 Å². The Morgan fingerprint density at radius 1 is 1.79 bits per heavy atom. The predicted octanol–water partition coefficient (Wildman–Crippen LogP) is 0.964. The molecule has 0 fully saturated rings. The number of thiazole rings is 1. The highest BCUT2D eigenvalue weighted by Gasteiger charge is 2.08. The molecule has 2 N–H and O–H groups in total. The van der Waals surface area contributed by atoms with E-state index in [9.17, 15) is 4.79 Å². The van der Waals surface area contributed by atoms with Gasteiger partial charge >= 0.3 is 0 Å². The Morgan fingerprint density at radius 2 is 2.50 bits per heavy atom. The van der Waals surface area contributed by atoms with Crippen molar-refractivity contribution in [1.82, 2.24) is 4.98 Å². The molecule has 0 aliphatic heterocycles. The van der Waals surface area contributed by atoms with Crippen LogP contribution in [0.1, 0.15) is 19.5 Å². The minimum Gasteiger partial charge on any atom is -0.392 e. The molecule has 6 heteroatoms. The first-order chi connectivity index (χ1) is 6.63. The first kappa shape index (κ1) is 10.6. The van der Waals surface area contributed by atoms with Crippen LogP contribution in [-0.2, 0) is 9.63 Å². The summed E-state index contributed by atoms with van der Waals surface area (Å²) in [4.78, 5) is 19.3. The Morgan fingerprint density at radius 3 is 2.93 bits per heavy atom. The number of nitrogens with two attached hydrogens (primary N) is 1. The molecule has 1 radical (unpaired) electrons. The topological polar surface area (TPSA) is 77.6 Å². The molecule has 0 aliphatic rings. The summed E-state index contributed by atoms with van der Waals surface area (Å²) in [5.41, 5.74) is 5.83. The third kappa shape index (κ3) is 2.81. The predicted molar refractivity (Wildman–Crippen MR) is 55.0 cm³/mol. The van der Waals surface area contributed by atoms with E-state index in [4.69, 9.17) is 10.6 Å². The molecule has 0 saturated carbocycles. The lowest BCUT2D eigenvalue weighted by atomic mass is 10.3. The van der Waals surface area contributed by atoms with Crippen LogP contribution in [0.3, 0.4) is 0 Å². The minimum atomic E-state index is -0.0886. The quantitative estimate of drug-likeness (QED) is 0.595. The van der Waals surface area contributed by atoms with Crippen molar-refractivity contribution in [2.24, 2.45) is 5.16 Å². The molecule has 0 atom stereocenters. The molecule has 0 saturated heterocycles. The summed E-state index contributed by atoms with van der Waals surface area (Å²) < 4.78 is 0. The zero-order valence-corrected chi connectivity index (χ0v) is 8.67. The van der Waals surface area contributed by atoms with Crippen LogP contribution in [0.25, 0.3) is 0 Å². The Balaban J connectivity index is 2.81. The second-order valence-corrected chi connectivity index (χ2v) is 3.66. The van der Waals surface area contributed by atoms with E-state index in [0.29, 0.717) is 10.8 Å². The second kappa shape index (κ2) is 4.71. The van der Waals surface area contributed by atoms with Crippen molar-refractivity contribution in [2.45, 2.75) is 20.0 Å². The average Bonchev–Trinajstić information content (AvgIpc) is 2.53. The standard InChI is InChI=1S/C8H10N3O2S/c1-5(2)13-11-6(3-12)7-4-14-8(9)10-7/h4-5H,1-2H3,(H2,9,10). The van der Waals surface area contributed by atoms with E-state index in [2.05, 4.69) is 10.1 Å². The molecular weight excluding hydrogens is 202 g/mol. The van der Waals surface area contributed by atoms with Crippen LogP contribution in [0, 0.1) is 0 Å². The summed E-state index contributed by atoms with van der Waals surface area (Å²) in [5, 5.41) is 5.62. The van der Waals surface area contributed by atoms with E-state index < -0.39 is 0 Å². The highest BCUT2D eigenvalue weighted by molar-refractivity contribution is 7.13. The number of anilines is 1. The maximum Gasteiger partial charge on any atom is 0.259 e. The molecule has 1 heterocycles. The monoisotopic (exact) mass is 212 g/mol. The van der Waals surface area contributed by atoms with Crippen molar-refractivity contribution in [3.8, 4) is 0 Å². The summed E-state index contributed by atoms with van der Waals surface area (Å²) in [7, 11) is 0. The lowest BCUT2D eigenvalue weighted by molar-refractivity contribution is 0.0866. The number of rotatable bonds is 4. The van der Waals surface area contributed by atoms with Crippen molar-refractivity contribution < 1.29 is 9.63 Å². The highest BCUT2D eigenvalue weighted by atomic mass is 32.1. The third-order valence-electron chi connectivity index (χ3n) is 1.22. The van der Waals surface area contributed by atoms with Crippen molar-refractivity contribution in [2.75, 3.05) is 5.73 Å². The number of oxime groups is 1. The van der Waals surface area contributed by atoms with Crippen LogP contribution in [0.15, 0.2) is 10.5 Å². The molecule has 5 nitrogen and oxygen atoms in total. The fraction of sp³-hybridized carbons (Fsp3) is 0.375. The molecule has 75 valence electrons. The van der Waals surface area contributed by atoms with Gasteiger partial charge in [-0.2, -0.15) is 0 Å². The molecule has 0 spiro atoms. The minimum absolute atomic E-state index is 0.0339. The van der Waals surface area contributed by atoms with E-state index in [1.54, 1.807) is 25.5 Å². The summed E-state index contributed by atoms with van der Waals surface area (Å²) in [6, 6.07) is 0. The first-order valence-electron chi connectivity index (χ1n) is 3.97. The van der Waals surface area contributed by atoms with Gasteiger partial charge in [0.15, 0.2) is 10.8 Å². The molecule has 1 rings (SSSR count). The Kier molecular flexibility index (Phi) is 3.58. The maximum atomic E-state index is 10.5. The summed E-state index contributed by atoms with van der Waals surface area (Å²) >= 11 is 1.23. The molecular formula is C8H10N3O2S. The smallest absolute Gasteiger partial charge is 0.259 e. The fourth-order valence-electron chi connectivity index (χ4n) is 0.672. The van der Waals surface area contributed by atoms with E-state index >= 15 is 0 Å². The van der Waals surface area contributed by atoms with Gasteiger partial charge in [0.1, 0.15) is 11.8 Å². The summed E-state index contributed by atoms with van der Waals surface area (Å²) in [6.07, 6.45) is 1.56. The van der Waals surface area contributed by atoms with Gasteiger partial charge in [-0.05, 0) is 13.8 Å². The van der Waals surface area contributed by atoms with Gasteiger partial charge in [-0.1, -0.05) is 5.16 Å². The maximum absolute atomic E-state index is 10.5. The molecule has 0 aromatic carbocycles. The third-order valence-corrected chi connectivity index (χ3v) is 1.89. The Bertz CT molecular complexity index is 346. The Hall–Kier alpha value is -1.43. The normalized spacial score (nSPS) is 11.8. The van der Waals surface area contributed by atoms with E-state index in [1.165, 1.54) is 11.3 Å². The van der Waals surface area contributed by atoms with Gasteiger partial charge in [-0.25, -0.2) is 4.98 Å². The zero-order valence-electron chi connectivity index (χ0n) is 7.85. The lowest BCUT2D eigenvalue weighted by Gasteiger charge is -2.01. The van der Waals surface area contributed by atoms with Gasteiger partial charge in [-0.15, -0.1) is 11.3 Å². The van der Waals surface area contributed by atoms with Crippen molar-refractivity contribution in [1.29, 1.82) is 0 Å². The number of aromatic nitrogens is 1. The first-order valence-corrected chi connectivity index (χ1v) is 4.84. The van der Waals surface area contributed by atoms with E-state index in [-0.39, 0.29) is 11.8 Å². The number of nitrogens with zero attached hydrogens (tertiary/aromatic N) is 2. The van der Waals surface area contributed by atoms with Gasteiger partial charge in [0, 0.05) is 5.38 Å². The van der Waals surface area contributed by atoms with Gasteiger partial charge in [0.2, 0.25) is 0 Å². The summed E-state index contributed by atoms with van der Waals surface area (Å²) in [6.45, 7) is 3.61. The second-order valence-electron chi connectivity index (χ2n) is 2.77. The van der Waals surface area contributed by atoms with E-state index in [1.807, 2.05) is 0 Å². The SMILES string of the molecule is CC(C)ON=C([C]=O)c1csc(N)n1. The van der Waals surface area contributed by atoms with Crippen LogP contribution in [0.5, 0.6) is 0 Å². The molecule has 1 aromatic rings. The van der Waals surface area contributed by atoms with Gasteiger partial charge in [0.25, 0.3) is 6.29 Å². The van der Waals surface area contributed by atoms with Crippen LogP contribution in [0.4, 0.5) is 5.13 Å². The molecule has 14 heavy (non-hydrogen) atoms. The molecule has 0 unspecified atom stereocenters. The van der Waals surface area contributed by atoms with Crippen LogP contribution in [0.2, 0.25) is 0 Å². The fourth-order valence-corrected chi connectivity index (χ4v) is 1.22. The lowest BCUT2D eigenvalue weighted by Crippen LogP contribution is -2.06. The summed E-state index contributed by atoms with van der Waals surface area (Å²) in [5.74, 6) is 0. The van der Waals surface area contributed by atoms with Crippen molar-refractivity contribution in [3.05, 3.63) is 11.1 Å². The molecule has 0 amide bonds. The van der Waals surface area contributed by atoms with Crippen LogP contribution in [-0.4, -0.2) is 23.1 Å². The number of nitrogen functional groups attached to an aromatic ring is 1. The molecule has 0 bridgehead atoms.